The summed E-state index contributed by atoms with van der Waals surface area (Å²) in [5.74, 6) is 0. The Morgan fingerprint density at radius 2 is 2.00 bits per heavy atom. The van der Waals surface area contributed by atoms with Crippen LogP contribution in [0.2, 0.25) is 0 Å². The van der Waals surface area contributed by atoms with Gasteiger partial charge >= 0.3 is 0 Å². The largest absolute Gasteiger partial charge is 0.196 e. The summed E-state index contributed by atoms with van der Waals surface area (Å²) < 4.78 is 0. The Kier molecular flexibility index (Phi) is 2.46. The highest BCUT2D eigenvalue weighted by Gasteiger charge is 2.08. The van der Waals surface area contributed by atoms with Crippen LogP contribution >= 0.6 is 0 Å². The molecule has 1 aromatic heterocycles. The molecular formula is C11H10N4. The first-order chi connectivity index (χ1) is 7.35. The van der Waals surface area contributed by atoms with Gasteiger partial charge in [0.15, 0.2) is 5.69 Å². The second kappa shape index (κ2) is 3.93. The third-order valence-electron chi connectivity index (χ3n) is 2.29. The zero-order valence-electron chi connectivity index (χ0n) is 8.36. The Morgan fingerprint density at radius 1 is 1.27 bits per heavy atom. The van der Waals surface area contributed by atoms with E-state index in [1.165, 1.54) is 5.56 Å². The van der Waals surface area contributed by atoms with Gasteiger partial charge in [0.1, 0.15) is 11.8 Å². The maximum atomic E-state index is 8.80. The van der Waals surface area contributed by atoms with Gasteiger partial charge in [-0.25, -0.2) is 0 Å². The molecule has 4 nitrogen and oxygen atoms in total. The van der Waals surface area contributed by atoms with E-state index in [1.807, 2.05) is 30.3 Å². The van der Waals surface area contributed by atoms with Gasteiger partial charge in [-0.3, -0.25) is 0 Å². The monoisotopic (exact) mass is 198 g/mol. The molecule has 0 aliphatic carbocycles. The first kappa shape index (κ1) is 9.41. The van der Waals surface area contributed by atoms with Gasteiger partial charge < -0.3 is 0 Å². The highest BCUT2D eigenvalue weighted by Crippen LogP contribution is 2.19. The maximum Gasteiger partial charge on any atom is 0.190 e. The van der Waals surface area contributed by atoms with E-state index in [0.717, 1.165) is 12.0 Å². The number of hydrogen-bond donors (Lipinski definition) is 1. The first-order valence-electron chi connectivity index (χ1n) is 4.75. The number of rotatable bonds is 2. The molecule has 74 valence electrons. The van der Waals surface area contributed by atoms with E-state index in [2.05, 4.69) is 22.3 Å². The van der Waals surface area contributed by atoms with E-state index in [1.54, 1.807) is 0 Å². The van der Waals surface area contributed by atoms with Crippen molar-refractivity contribution in [2.24, 2.45) is 0 Å². The van der Waals surface area contributed by atoms with Crippen molar-refractivity contribution in [1.82, 2.24) is 15.4 Å². The zero-order chi connectivity index (χ0) is 10.7. The van der Waals surface area contributed by atoms with E-state index in [9.17, 15) is 0 Å². The lowest BCUT2D eigenvalue weighted by atomic mass is 10.1. The van der Waals surface area contributed by atoms with Gasteiger partial charge in [0.05, 0.1) is 0 Å². The molecule has 0 unspecified atom stereocenters. The summed E-state index contributed by atoms with van der Waals surface area (Å²) in [5, 5.41) is 19.0. The molecular weight excluding hydrogens is 188 g/mol. The van der Waals surface area contributed by atoms with Crippen LogP contribution in [0.3, 0.4) is 0 Å². The number of nitrogens with zero attached hydrogens (tertiary/aromatic N) is 3. The minimum Gasteiger partial charge on any atom is -0.196 e. The lowest BCUT2D eigenvalue weighted by molar-refractivity contribution is 0.937. The van der Waals surface area contributed by atoms with E-state index in [-0.39, 0.29) is 0 Å². The Labute approximate surface area is 87.6 Å². The predicted molar refractivity (Wildman–Crippen MR) is 55.9 cm³/mol. The number of aromatic nitrogens is 3. The molecule has 1 aromatic carbocycles. The molecule has 2 rings (SSSR count). The van der Waals surface area contributed by atoms with Crippen LogP contribution in [0.1, 0.15) is 18.2 Å². The summed E-state index contributed by atoms with van der Waals surface area (Å²) in [4.78, 5) is 0. The van der Waals surface area contributed by atoms with Gasteiger partial charge in [-0.1, -0.05) is 31.2 Å². The second-order valence-electron chi connectivity index (χ2n) is 3.18. The smallest absolute Gasteiger partial charge is 0.190 e. The molecule has 1 heterocycles. The quantitative estimate of drug-likeness (QED) is 0.801. The topological polar surface area (TPSA) is 65.4 Å². The fourth-order valence-electron chi connectivity index (χ4n) is 1.41. The first-order valence-corrected chi connectivity index (χ1v) is 4.75. The molecule has 0 fully saturated rings. The van der Waals surface area contributed by atoms with Crippen molar-refractivity contribution in [2.75, 3.05) is 0 Å². The van der Waals surface area contributed by atoms with Crippen LogP contribution in [0, 0.1) is 11.3 Å². The Bertz CT molecular complexity index is 490. The summed E-state index contributed by atoms with van der Waals surface area (Å²) in [6.07, 6.45) is 1.00. The number of H-pyrrole nitrogens is 1. The molecule has 2 aromatic rings. The molecule has 0 radical (unpaired) electrons. The van der Waals surface area contributed by atoms with Crippen molar-refractivity contribution in [3.63, 3.8) is 0 Å². The fourth-order valence-corrected chi connectivity index (χ4v) is 1.41. The van der Waals surface area contributed by atoms with Crippen LogP contribution in [0.15, 0.2) is 24.3 Å². The van der Waals surface area contributed by atoms with Gasteiger partial charge in [0, 0.05) is 5.56 Å². The zero-order valence-corrected chi connectivity index (χ0v) is 8.36. The lowest BCUT2D eigenvalue weighted by Crippen LogP contribution is -1.84. The number of nitriles is 1. The molecule has 0 atom stereocenters. The van der Waals surface area contributed by atoms with E-state index in [4.69, 9.17) is 5.26 Å². The van der Waals surface area contributed by atoms with Crippen LogP contribution in [0.25, 0.3) is 11.3 Å². The molecule has 0 saturated carbocycles. The predicted octanol–water partition coefficient (Wildman–Crippen LogP) is 1.91. The normalized spacial score (nSPS) is 9.87. The number of benzene rings is 1. The number of nitrogens with one attached hydrogen (secondary N) is 1. The van der Waals surface area contributed by atoms with Crippen LogP contribution in [0.4, 0.5) is 0 Å². The van der Waals surface area contributed by atoms with Crippen LogP contribution in [0.5, 0.6) is 0 Å². The summed E-state index contributed by atoms with van der Waals surface area (Å²) in [7, 11) is 0. The van der Waals surface area contributed by atoms with Crippen molar-refractivity contribution in [1.29, 1.82) is 5.26 Å². The van der Waals surface area contributed by atoms with Gasteiger partial charge in [-0.05, 0) is 12.0 Å². The summed E-state index contributed by atoms with van der Waals surface area (Å²) in [6.45, 7) is 2.10. The average Bonchev–Trinajstić information content (AvgIpc) is 2.77. The van der Waals surface area contributed by atoms with Crippen LogP contribution in [-0.2, 0) is 6.42 Å². The van der Waals surface area contributed by atoms with Crippen LogP contribution < -0.4 is 0 Å². The highest BCUT2D eigenvalue weighted by molar-refractivity contribution is 5.64. The molecule has 15 heavy (non-hydrogen) atoms. The minimum absolute atomic E-state index is 0.333. The standard InChI is InChI=1S/C11H10N4/c1-2-8-3-5-9(6-4-8)11-10(7-12)13-15-14-11/h3-6H,2H2,1H3,(H,13,14,15). The van der Waals surface area contributed by atoms with Gasteiger partial charge in [-0.2, -0.15) is 15.6 Å². The van der Waals surface area contributed by atoms with Crippen molar-refractivity contribution >= 4 is 0 Å². The Morgan fingerprint density at radius 3 is 2.60 bits per heavy atom. The number of aryl methyl sites for hydroxylation is 1. The molecule has 0 spiro atoms. The molecule has 0 bridgehead atoms. The molecule has 0 aliphatic rings. The summed E-state index contributed by atoms with van der Waals surface area (Å²) in [5.41, 5.74) is 3.12. The van der Waals surface area contributed by atoms with E-state index >= 15 is 0 Å². The Hall–Kier alpha value is -2.15. The summed E-state index contributed by atoms with van der Waals surface area (Å²) in [6, 6.07) is 9.98. The summed E-state index contributed by atoms with van der Waals surface area (Å²) >= 11 is 0. The molecule has 0 amide bonds. The van der Waals surface area contributed by atoms with Crippen LogP contribution in [-0.4, -0.2) is 15.4 Å². The van der Waals surface area contributed by atoms with E-state index in [0.29, 0.717) is 11.4 Å². The van der Waals surface area contributed by atoms with Gasteiger partial charge in [-0.15, -0.1) is 5.10 Å². The molecule has 4 heteroatoms. The van der Waals surface area contributed by atoms with Crippen molar-refractivity contribution < 1.29 is 0 Å². The molecule has 0 aliphatic heterocycles. The SMILES string of the molecule is CCc1ccc(-c2n[nH]nc2C#N)cc1. The average molecular weight is 198 g/mol. The molecule has 1 N–H and O–H groups in total. The van der Waals surface area contributed by atoms with Crippen molar-refractivity contribution in [3.8, 4) is 17.3 Å². The highest BCUT2D eigenvalue weighted by atomic mass is 15.3. The van der Waals surface area contributed by atoms with Crippen molar-refractivity contribution in [3.05, 3.63) is 35.5 Å². The third kappa shape index (κ3) is 1.72. The van der Waals surface area contributed by atoms with Gasteiger partial charge in [0.2, 0.25) is 0 Å². The van der Waals surface area contributed by atoms with Crippen molar-refractivity contribution in [2.45, 2.75) is 13.3 Å². The number of aromatic amines is 1. The van der Waals surface area contributed by atoms with Gasteiger partial charge in [0.25, 0.3) is 0 Å². The molecule has 0 saturated heterocycles. The fraction of sp³-hybridized carbons (Fsp3) is 0.182. The third-order valence-corrected chi connectivity index (χ3v) is 2.29. The maximum absolute atomic E-state index is 8.80. The second-order valence-corrected chi connectivity index (χ2v) is 3.18. The Balaban J connectivity index is 2.42. The minimum atomic E-state index is 0.333. The van der Waals surface area contributed by atoms with E-state index < -0.39 is 0 Å². The lowest BCUT2D eigenvalue weighted by Gasteiger charge is -1.98. The number of hydrogen-bond acceptors (Lipinski definition) is 3.